The van der Waals surface area contributed by atoms with Gasteiger partial charge in [0.1, 0.15) is 5.60 Å². The number of benzene rings is 1. The lowest BCUT2D eigenvalue weighted by atomic mass is 10.0. The number of fused-ring (bicyclic) bond motifs is 1. The van der Waals surface area contributed by atoms with Gasteiger partial charge in [-0.25, -0.2) is 18.7 Å². The quantitative estimate of drug-likeness (QED) is 0.487. The summed E-state index contributed by atoms with van der Waals surface area (Å²) < 4.78 is 34.5. The van der Waals surface area contributed by atoms with Gasteiger partial charge >= 0.3 is 0 Å². The number of amides is 2. The van der Waals surface area contributed by atoms with Crippen LogP contribution >= 0.6 is 0 Å². The Morgan fingerprint density at radius 2 is 1.92 bits per heavy atom. The smallest absolute Gasteiger partial charge is 0.292 e. The van der Waals surface area contributed by atoms with Crippen molar-refractivity contribution >= 4 is 28.8 Å². The second kappa shape index (κ2) is 9.78. The zero-order valence-electron chi connectivity index (χ0n) is 20.0. The zero-order valence-corrected chi connectivity index (χ0v) is 20.0. The summed E-state index contributed by atoms with van der Waals surface area (Å²) in [5.41, 5.74) is 5.12. The van der Waals surface area contributed by atoms with Crippen molar-refractivity contribution in [2.24, 2.45) is 5.73 Å². The number of aliphatic hydroxyl groups is 1. The molecule has 1 aromatic carbocycles. The van der Waals surface area contributed by atoms with Crippen molar-refractivity contribution in [3.05, 3.63) is 53.7 Å². The molecule has 192 valence electrons. The lowest BCUT2D eigenvalue weighted by molar-refractivity contribution is -0.168. The summed E-state index contributed by atoms with van der Waals surface area (Å²) in [6.07, 6.45) is 4.07. The fourth-order valence-electron chi connectivity index (χ4n) is 4.02. The molecule has 0 atom stereocenters. The van der Waals surface area contributed by atoms with Crippen molar-refractivity contribution in [1.82, 2.24) is 14.9 Å². The summed E-state index contributed by atoms with van der Waals surface area (Å²) in [4.78, 5) is 37.3. The van der Waals surface area contributed by atoms with Gasteiger partial charge in [0.05, 0.1) is 36.7 Å². The first-order chi connectivity index (χ1) is 17.0. The number of nitrogens with two attached hydrogens (primary N) is 1. The molecule has 0 aliphatic carbocycles. The Balaban J connectivity index is 1.67. The topological polar surface area (TPSA) is 134 Å². The van der Waals surface area contributed by atoms with Gasteiger partial charge in [-0.3, -0.25) is 9.59 Å². The number of rotatable bonds is 7. The number of hydrogen-bond donors (Lipinski definition) is 3. The second-order valence-electron chi connectivity index (χ2n) is 9.16. The number of anilines is 2. The van der Waals surface area contributed by atoms with Crippen molar-refractivity contribution in [3.63, 3.8) is 0 Å². The van der Waals surface area contributed by atoms with Crippen LogP contribution in [0, 0.1) is 0 Å². The van der Waals surface area contributed by atoms with Crippen molar-refractivity contribution in [2.45, 2.75) is 31.9 Å². The van der Waals surface area contributed by atoms with Crippen molar-refractivity contribution < 1.29 is 28.2 Å². The molecule has 2 aromatic rings. The number of hydrogen-bond acceptors (Lipinski definition) is 8. The minimum Gasteiger partial charge on any atom is -0.404 e. The highest BCUT2D eigenvalue weighted by atomic mass is 19.3. The zero-order chi connectivity index (χ0) is 26.1. The van der Waals surface area contributed by atoms with E-state index in [2.05, 4.69) is 15.3 Å². The average molecular weight is 503 g/mol. The molecule has 2 aliphatic rings. The van der Waals surface area contributed by atoms with Crippen LogP contribution in [0.5, 0.6) is 0 Å². The number of aromatic nitrogens is 2. The molecule has 2 amide bonds. The summed E-state index contributed by atoms with van der Waals surface area (Å²) >= 11 is 0. The maximum absolute atomic E-state index is 14.5. The minimum atomic E-state index is -3.52. The molecule has 0 unspecified atom stereocenters. The van der Waals surface area contributed by atoms with Gasteiger partial charge in [0.15, 0.2) is 5.82 Å². The van der Waals surface area contributed by atoms with Crippen LogP contribution < -0.4 is 16.0 Å². The van der Waals surface area contributed by atoms with Crippen molar-refractivity contribution in [1.29, 1.82) is 0 Å². The molecular formula is C24H28F2N6O4. The minimum absolute atomic E-state index is 0.0477. The van der Waals surface area contributed by atoms with E-state index in [-0.39, 0.29) is 23.5 Å². The number of nitrogens with one attached hydrogen (secondary N) is 1. The van der Waals surface area contributed by atoms with E-state index in [1.165, 1.54) is 12.4 Å². The molecule has 0 spiro atoms. The van der Waals surface area contributed by atoms with Crippen LogP contribution in [0.4, 0.5) is 20.2 Å². The van der Waals surface area contributed by atoms with E-state index in [1.807, 2.05) is 4.90 Å². The van der Waals surface area contributed by atoms with Crippen molar-refractivity contribution in [2.75, 3.05) is 43.1 Å². The van der Waals surface area contributed by atoms with Crippen LogP contribution in [-0.2, 0) is 16.1 Å². The molecule has 4 rings (SSSR count). The summed E-state index contributed by atoms with van der Waals surface area (Å²) in [5, 5.41) is 12.7. The Bertz CT molecular complexity index is 1180. The van der Waals surface area contributed by atoms with Crippen LogP contribution in [0.3, 0.4) is 0 Å². The number of halogens is 2. The Hall–Kier alpha value is -3.64. The fourth-order valence-corrected chi connectivity index (χ4v) is 4.02. The molecule has 4 N–H and O–H groups in total. The Labute approximate surface area is 206 Å². The fraction of sp³-hybridized carbons (Fsp3) is 0.417. The van der Waals surface area contributed by atoms with Crippen molar-refractivity contribution in [3.8, 4) is 0 Å². The van der Waals surface area contributed by atoms with Gasteiger partial charge in [-0.15, -0.1) is 0 Å². The third-order valence-corrected chi connectivity index (χ3v) is 6.20. The maximum Gasteiger partial charge on any atom is 0.292 e. The number of nitrogens with zero attached hydrogens (tertiary/aromatic N) is 4. The van der Waals surface area contributed by atoms with E-state index in [9.17, 15) is 23.5 Å². The summed E-state index contributed by atoms with van der Waals surface area (Å²) in [7, 11) is 0. The molecule has 1 fully saturated rings. The van der Waals surface area contributed by atoms with Crippen LogP contribution in [0.2, 0.25) is 0 Å². The summed E-state index contributed by atoms with van der Waals surface area (Å²) in [6.45, 7) is 2.91. The SMILES string of the molecule is CC(C)(O)C(F)(F)CN1Cc2cc(NC(=O)C(=CN)c3ncccn3)c(N3CCOCC3)cc2C1=O. The molecular weight excluding hydrogens is 474 g/mol. The van der Waals surface area contributed by atoms with Gasteiger partial charge in [-0.05, 0) is 37.6 Å². The first-order valence-electron chi connectivity index (χ1n) is 11.4. The highest BCUT2D eigenvalue weighted by Crippen LogP contribution is 2.37. The van der Waals surface area contributed by atoms with E-state index in [0.717, 1.165) is 24.9 Å². The number of alkyl halides is 2. The maximum atomic E-state index is 14.5. The second-order valence-corrected chi connectivity index (χ2v) is 9.16. The molecule has 1 saturated heterocycles. The highest BCUT2D eigenvalue weighted by molar-refractivity contribution is 6.25. The van der Waals surface area contributed by atoms with Gasteiger partial charge < -0.3 is 30.7 Å². The monoisotopic (exact) mass is 502 g/mol. The molecule has 0 bridgehead atoms. The van der Waals surface area contributed by atoms with Gasteiger partial charge in [-0.1, -0.05) is 0 Å². The predicted octanol–water partition coefficient (Wildman–Crippen LogP) is 1.61. The van der Waals surface area contributed by atoms with Crippen LogP contribution in [0.1, 0.15) is 35.6 Å². The molecule has 0 radical (unpaired) electrons. The molecule has 10 nitrogen and oxygen atoms in total. The number of carbonyl (C=O) groups excluding carboxylic acids is 2. The van der Waals surface area contributed by atoms with E-state index in [4.69, 9.17) is 10.5 Å². The van der Waals surface area contributed by atoms with E-state index < -0.39 is 29.9 Å². The van der Waals surface area contributed by atoms with Gasteiger partial charge in [0.25, 0.3) is 17.7 Å². The third kappa shape index (κ3) is 5.00. The van der Waals surface area contributed by atoms with E-state index >= 15 is 0 Å². The molecule has 3 heterocycles. The molecule has 36 heavy (non-hydrogen) atoms. The lowest BCUT2D eigenvalue weighted by Crippen LogP contribution is -2.50. The number of morpholine rings is 1. The summed E-state index contributed by atoms with van der Waals surface area (Å²) in [5.74, 6) is -4.51. The van der Waals surface area contributed by atoms with Gasteiger partial charge in [0, 0.05) is 43.8 Å². The number of ether oxygens (including phenoxy) is 1. The standard InChI is InChI=1S/C24H28F2N6O4/c1-23(2,35)24(25,26)14-32-13-15-10-18(30-21(33)17(12-27)20-28-4-3-5-29-20)19(11-16(15)22(32)34)31-6-8-36-9-7-31/h3-5,10-12,35H,6-9,13-14,27H2,1-2H3,(H,30,33). The third-order valence-electron chi connectivity index (χ3n) is 6.20. The highest BCUT2D eigenvalue weighted by Gasteiger charge is 2.48. The van der Waals surface area contributed by atoms with Crippen LogP contribution in [0.15, 0.2) is 36.8 Å². The van der Waals surface area contributed by atoms with E-state index in [0.29, 0.717) is 43.2 Å². The average Bonchev–Trinajstić information content (AvgIpc) is 3.13. The van der Waals surface area contributed by atoms with Gasteiger partial charge in [0.2, 0.25) is 0 Å². The van der Waals surface area contributed by atoms with Gasteiger partial charge in [-0.2, -0.15) is 0 Å². The van der Waals surface area contributed by atoms with Crippen LogP contribution in [-0.4, -0.2) is 76.2 Å². The molecule has 1 aromatic heterocycles. The Kier molecular flexibility index (Phi) is 6.92. The van der Waals surface area contributed by atoms with Crippen LogP contribution in [0.25, 0.3) is 5.57 Å². The first kappa shape index (κ1) is 25.5. The predicted molar refractivity (Wildman–Crippen MR) is 128 cm³/mol. The first-order valence-corrected chi connectivity index (χ1v) is 11.4. The van der Waals surface area contributed by atoms with E-state index in [1.54, 1.807) is 18.2 Å². The lowest BCUT2D eigenvalue weighted by Gasteiger charge is -2.32. The Morgan fingerprint density at radius 3 is 2.53 bits per heavy atom. The molecule has 0 saturated carbocycles. The molecule has 12 heteroatoms. The Morgan fingerprint density at radius 1 is 1.25 bits per heavy atom. The number of carbonyl (C=O) groups is 2. The largest absolute Gasteiger partial charge is 0.404 e. The summed E-state index contributed by atoms with van der Waals surface area (Å²) in [6, 6.07) is 4.82. The molecule has 2 aliphatic heterocycles. The normalized spacial score (nSPS) is 16.8.